The van der Waals surface area contributed by atoms with Crippen LogP contribution in [0.1, 0.15) is 70.4 Å². The van der Waals surface area contributed by atoms with E-state index >= 15 is 0 Å². The molecule has 2 N–H and O–H groups in total. The summed E-state index contributed by atoms with van der Waals surface area (Å²) >= 11 is 0. The second-order valence-electron chi connectivity index (χ2n) is 10.1. The van der Waals surface area contributed by atoms with Crippen molar-refractivity contribution in [1.29, 1.82) is 0 Å². The van der Waals surface area contributed by atoms with Gasteiger partial charge in [0.15, 0.2) is 0 Å². The first kappa shape index (κ1) is 28.0. The second kappa shape index (κ2) is 13.1. The van der Waals surface area contributed by atoms with E-state index in [1.807, 2.05) is 31.2 Å². The number of hydrogen-bond acceptors (Lipinski definition) is 6. The van der Waals surface area contributed by atoms with Crippen LogP contribution in [0.15, 0.2) is 48.5 Å². The molecule has 0 bridgehead atoms. The molecule has 0 aromatic heterocycles. The highest BCUT2D eigenvalue weighted by Gasteiger charge is 2.30. The van der Waals surface area contributed by atoms with Crippen LogP contribution < -0.4 is 10.6 Å². The van der Waals surface area contributed by atoms with Gasteiger partial charge in [-0.25, -0.2) is 14.4 Å². The topological polar surface area (TPSA) is 103 Å². The van der Waals surface area contributed by atoms with Gasteiger partial charge in [-0.15, -0.1) is 0 Å². The van der Waals surface area contributed by atoms with E-state index in [1.54, 1.807) is 20.8 Å². The van der Waals surface area contributed by atoms with E-state index in [-0.39, 0.29) is 19.1 Å². The molecule has 8 heteroatoms. The summed E-state index contributed by atoms with van der Waals surface area (Å²) in [5, 5.41) is 5.38. The number of carbonyl (C=O) groups is 3. The van der Waals surface area contributed by atoms with E-state index in [4.69, 9.17) is 14.2 Å². The Morgan fingerprint density at radius 2 is 1.51 bits per heavy atom. The van der Waals surface area contributed by atoms with Crippen molar-refractivity contribution in [3.63, 3.8) is 0 Å². The molecule has 2 aromatic rings. The zero-order valence-electron chi connectivity index (χ0n) is 22.2. The van der Waals surface area contributed by atoms with Gasteiger partial charge >= 0.3 is 18.2 Å². The fraction of sp³-hybridized carbons (Fsp3) is 0.483. The third-order valence-corrected chi connectivity index (χ3v) is 5.96. The average Bonchev–Trinajstić information content (AvgIpc) is 3.17. The minimum atomic E-state index is -0.830. The molecule has 0 fully saturated rings. The minimum absolute atomic E-state index is 0.0671. The molecule has 37 heavy (non-hydrogen) atoms. The number of rotatable bonds is 11. The van der Waals surface area contributed by atoms with Gasteiger partial charge in [-0.3, -0.25) is 0 Å². The summed E-state index contributed by atoms with van der Waals surface area (Å²) in [5.74, 6) is -0.557. The van der Waals surface area contributed by atoms with Crippen LogP contribution in [0.3, 0.4) is 0 Å². The third-order valence-electron chi connectivity index (χ3n) is 5.96. The maximum absolute atomic E-state index is 12.7. The van der Waals surface area contributed by atoms with Crippen molar-refractivity contribution in [2.45, 2.75) is 70.9 Å². The number of carbonyl (C=O) groups excluding carboxylic acids is 3. The van der Waals surface area contributed by atoms with Gasteiger partial charge in [0.05, 0.1) is 6.61 Å². The number of esters is 1. The van der Waals surface area contributed by atoms with Crippen molar-refractivity contribution in [3.8, 4) is 11.1 Å². The van der Waals surface area contributed by atoms with E-state index in [0.717, 1.165) is 22.3 Å². The summed E-state index contributed by atoms with van der Waals surface area (Å²) in [6.07, 6.45) is 1.11. The fourth-order valence-corrected chi connectivity index (χ4v) is 4.31. The average molecular weight is 511 g/mol. The van der Waals surface area contributed by atoms with Crippen LogP contribution in [0.4, 0.5) is 9.59 Å². The van der Waals surface area contributed by atoms with Crippen molar-refractivity contribution < 1.29 is 28.6 Å². The molecule has 200 valence electrons. The smallest absolute Gasteiger partial charge is 0.407 e. The lowest BCUT2D eigenvalue weighted by Crippen LogP contribution is -2.42. The predicted molar refractivity (Wildman–Crippen MR) is 141 cm³/mol. The van der Waals surface area contributed by atoms with Gasteiger partial charge in [0, 0.05) is 12.5 Å². The molecule has 0 spiro atoms. The van der Waals surface area contributed by atoms with E-state index in [2.05, 4.69) is 34.9 Å². The molecule has 3 rings (SSSR count). The first-order chi connectivity index (χ1) is 17.7. The molecular weight excluding hydrogens is 472 g/mol. The van der Waals surface area contributed by atoms with Crippen molar-refractivity contribution in [2.75, 3.05) is 19.8 Å². The first-order valence-electron chi connectivity index (χ1n) is 12.9. The minimum Gasteiger partial charge on any atom is -0.464 e. The molecule has 1 atom stereocenters. The lowest BCUT2D eigenvalue weighted by atomic mass is 9.98. The van der Waals surface area contributed by atoms with Crippen LogP contribution in [0.25, 0.3) is 11.1 Å². The summed E-state index contributed by atoms with van der Waals surface area (Å²) in [7, 11) is 0. The van der Waals surface area contributed by atoms with E-state index < -0.39 is 29.8 Å². The molecular formula is C29H38N2O6. The van der Waals surface area contributed by atoms with Crippen molar-refractivity contribution in [2.24, 2.45) is 0 Å². The van der Waals surface area contributed by atoms with Crippen molar-refractivity contribution in [3.05, 3.63) is 59.7 Å². The van der Waals surface area contributed by atoms with E-state index in [0.29, 0.717) is 32.2 Å². The standard InChI is InChI=1S/C29H38N2O6/c1-5-18-35-26(32)25(16-10-11-17-30-27(33)37-29(2,3)4)31-28(34)36-19-24-22-14-8-6-12-20(22)21-13-7-9-15-23(21)24/h6-9,12-15,24-25H,5,10-11,16-19H2,1-4H3,(H,30,33)(H,31,34). The molecule has 0 saturated carbocycles. The molecule has 1 aliphatic carbocycles. The van der Waals surface area contributed by atoms with Crippen molar-refractivity contribution >= 4 is 18.2 Å². The zero-order chi connectivity index (χ0) is 26.8. The number of alkyl carbamates (subject to hydrolysis) is 2. The fourth-order valence-electron chi connectivity index (χ4n) is 4.31. The van der Waals surface area contributed by atoms with Gasteiger partial charge in [-0.1, -0.05) is 55.5 Å². The Kier molecular flexibility index (Phi) is 9.94. The van der Waals surface area contributed by atoms with Crippen LogP contribution in [0, 0.1) is 0 Å². The van der Waals surface area contributed by atoms with Crippen LogP contribution in [-0.2, 0) is 19.0 Å². The second-order valence-corrected chi connectivity index (χ2v) is 10.1. The van der Waals surface area contributed by atoms with Gasteiger partial charge in [-0.05, 0) is 68.7 Å². The highest BCUT2D eigenvalue weighted by molar-refractivity contribution is 5.82. The molecule has 0 heterocycles. The molecule has 0 aliphatic heterocycles. The summed E-state index contributed by atoms with van der Waals surface area (Å²) in [6, 6.07) is 15.4. The monoisotopic (exact) mass is 510 g/mol. The van der Waals surface area contributed by atoms with Crippen LogP contribution in [-0.4, -0.2) is 49.6 Å². The molecule has 0 saturated heterocycles. The molecule has 1 aliphatic rings. The third kappa shape index (κ3) is 8.23. The normalized spacial score (nSPS) is 13.2. The maximum Gasteiger partial charge on any atom is 0.407 e. The Hall–Kier alpha value is -3.55. The Morgan fingerprint density at radius 1 is 0.892 bits per heavy atom. The molecule has 2 aromatic carbocycles. The van der Waals surface area contributed by atoms with Crippen molar-refractivity contribution in [1.82, 2.24) is 10.6 Å². The number of nitrogens with one attached hydrogen (secondary N) is 2. The Bertz CT molecular complexity index is 1030. The summed E-state index contributed by atoms with van der Waals surface area (Å²) in [6.45, 7) is 8.15. The number of benzene rings is 2. The SMILES string of the molecule is CCCOC(=O)C(CCCCNC(=O)OC(C)(C)C)NC(=O)OCC1c2ccccc2-c2ccccc21. The molecule has 8 nitrogen and oxygen atoms in total. The highest BCUT2D eigenvalue weighted by Crippen LogP contribution is 2.44. The quantitative estimate of drug-likeness (QED) is 0.234. The number of amides is 2. The van der Waals surface area contributed by atoms with Crippen LogP contribution >= 0.6 is 0 Å². The van der Waals surface area contributed by atoms with Crippen LogP contribution in [0.2, 0.25) is 0 Å². The largest absolute Gasteiger partial charge is 0.464 e. The van der Waals surface area contributed by atoms with E-state index in [9.17, 15) is 14.4 Å². The number of ether oxygens (including phenoxy) is 3. The predicted octanol–water partition coefficient (Wildman–Crippen LogP) is 5.54. The maximum atomic E-state index is 12.7. The zero-order valence-corrected chi connectivity index (χ0v) is 22.2. The molecule has 0 radical (unpaired) electrons. The lowest BCUT2D eigenvalue weighted by Gasteiger charge is -2.20. The first-order valence-corrected chi connectivity index (χ1v) is 12.9. The summed E-state index contributed by atoms with van der Waals surface area (Å²) < 4.78 is 16.1. The van der Waals surface area contributed by atoms with Gasteiger partial charge < -0.3 is 24.8 Å². The van der Waals surface area contributed by atoms with Gasteiger partial charge in [0.25, 0.3) is 0 Å². The van der Waals surface area contributed by atoms with E-state index in [1.165, 1.54) is 0 Å². The molecule has 1 unspecified atom stereocenters. The van der Waals surface area contributed by atoms with Gasteiger partial charge in [-0.2, -0.15) is 0 Å². The van der Waals surface area contributed by atoms with Gasteiger partial charge in [0.1, 0.15) is 18.2 Å². The highest BCUT2D eigenvalue weighted by atomic mass is 16.6. The van der Waals surface area contributed by atoms with Gasteiger partial charge in [0.2, 0.25) is 0 Å². The number of unbranched alkanes of at least 4 members (excludes halogenated alkanes) is 1. The lowest BCUT2D eigenvalue weighted by molar-refractivity contribution is -0.146. The summed E-state index contributed by atoms with van der Waals surface area (Å²) in [4.78, 5) is 37.1. The Morgan fingerprint density at radius 3 is 2.11 bits per heavy atom. The number of fused-ring (bicyclic) bond motifs is 3. The Labute approximate surface area is 219 Å². The Balaban J connectivity index is 1.52. The number of hydrogen-bond donors (Lipinski definition) is 2. The molecule has 2 amide bonds. The summed E-state index contributed by atoms with van der Waals surface area (Å²) in [5.41, 5.74) is 3.97. The van der Waals surface area contributed by atoms with Crippen LogP contribution in [0.5, 0.6) is 0 Å².